The Hall–Kier alpha value is -2.08. The van der Waals surface area contributed by atoms with Crippen LogP contribution in [0, 0.1) is 11.6 Å². The molecule has 0 aliphatic heterocycles. The summed E-state index contributed by atoms with van der Waals surface area (Å²) < 4.78 is 31.6. The minimum absolute atomic E-state index is 0.350. The van der Waals surface area contributed by atoms with Gasteiger partial charge in [-0.25, -0.2) is 18.7 Å². The van der Waals surface area contributed by atoms with Crippen LogP contribution in [0.5, 0.6) is 5.88 Å². The standard InChI is InChI=1S/C15H17F2N3O/c1-3-6-18-15(10-4-5-11(16)12(17)7-10)13-8-14(21-2)20-9-19-13/h4-5,7-9,15,18H,3,6H2,1-2H3. The smallest absolute Gasteiger partial charge is 0.216 e. The fraction of sp³-hybridized carbons (Fsp3) is 0.333. The quantitative estimate of drug-likeness (QED) is 0.889. The van der Waals surface area contributed by atoms with Crippen molar-refractivity contribution in [3.8, 4) is 5.88 Å². The highest BCUT2D eigenvalue weighted by Gasteiger charge is 2.17. The van der Waals surface area contributed by atoms with Gasteiger partial charge >= 0.3 is 0 Å². The highest BCUT2D eigenvalue weighted by atomic mass is 19.2. The maximum absolute atomic E-state index is 13.5. The number of hydrogen-bond acceptors (Lipinski definition) is 4. The molecule has 2 rings (SSSR count). The van der Waals surface area contributed by atoms with Gasteiger partial charge in [0, 0.05) is 6.07 Å². The van der Waals surface area contributed by atoms with Crippen LogP contribution in [0.4, 0.5) is 8.78 Å². The number of benzene rings is 1. The van der Waals surface area contributed by atoms with Crippen molar-refractivity contribution in [1.82, 2.24) is 15.3 Å². The maximum Gasteiger partial charge on any atom is 0.216 e. The van der Waals surface area contributed by atoms with Crippen LogP contribution in [0.15, 0.2) is 30.6 Å². The molecule has 0 amide bonds. The third-order valence-corrected chi connectivity index (χ3v) is 3.04. The Morgan fingerprint density at radius 2 is 2.00 bits per heavy atom. The predicted molar refractivity (Wildman–Crippen MR) is 75.1 cm³/mol. The largest absolute Gasteiger partial charge is 0.481 e. The molecule has 1 atom stereocenters. The first-order chi connectivity index (χ1) is 10.2. The van der Waals surface area contributed by atoms with Crippen molar-refractivity contribution in [2.24, 2.45) is 0 Å². The molecule has 0 aliphatic carbocycles. The third-order valence-electron chi connectivity index (χ3n) is 3.04. The van der Waals surface area contributed by atoms with Crippen LogP contribution in [0.3, 0.4) is 0 Å². The van der Waals surface area contributed by atoms with Crippen LogP contribution in [0.1, 0.15) is 30.6 Å². The normalized spacial score (nSPS) is 12.2. The molecule has 1 aromatic carbocycles. The molecule has 0 aliphatic rings. The average molecular weight is 293 g/mol. The Morgan fingerprint density at radius 3 is 2.67 bits per heavy atom. The SMILES string of the molecule is CCCNC(c1ccc(F)c(F)c1)c1cc(OC)ncn1. The Morgan fingerprint density at radius 1 is 1.19 bits per heavy atom. The molecule has 0 spiro atoms. The summed E-state index contributed by atoms with van der Waals surface area (Å²) >= 11 is 0. The van der Waals surface area contributed by atoms with Gasteiger partial charge in [-0.1, -0.05) is 13.0 Å². The van der Waals surface area contributed by atoms with E-state index < -0.39 is 11.6 Å². The highest BCUT2D eigenvalue weighted by Crippen LogP contribution is 2.23. The van der Waals surface area contributed by atoms with E-state index in [1.54, 1.807) is 12.1 Å². The number of nitrogens with one attached hydrogen (secondary N) is 1. The monoisotopic (exact) mass is 293 g/mol. The van der Waals surface area contributed by atoms with Crippen LogP contribution in [-0.4, -0.2) is 23.6 Å². The molecule has 0 fully saturated rings. The first-order valence-electron chi connectivity index (χ1n) is 6.70. The van der Waals surface area contributed by atoms with Crippen molar-refractivity contribution in [3.05, 3.63) is 53.5 Å². The van der Waals surface area contributed by atoms with E-state index in [4.69, 9.17) is 4.74 Å². The van der Waals surface area contributed by atoms with Crippen molar-refractivity contribution >= 4 is 0 Å². The number of nitrogens with zero attached hydrogens (tertiary/aromatic N) is 2. The summed E-state index contributed by atoms with van der Waals surface area (Å²) in [6.07, 6.45) is 2.29. The van der Waals surface area contributed by atoms with Crippen LogP contribution in [-0.2, 0) is 0 Å². The van der Waals surface area contributed by atoms with Crippen molar-refractivity contribution < 1.29 is 13.5 Å². The minimum Gasteiger partial charge on any atom is -0.481 e. The van der Waals surface area contributed by atoms with Gasteiger partial charge in [0.2, 0.25) is 5.88 Å². The zero-order chi connectivity index (χ0) is 15.2. The molecule has 1 N–H and O–H groups in total. The predicted octanol–water partition coefficient (Wildman–Crippen LogP) is 2.85. The van der Waals surface area contributed by atoms with Crippen molar-refractivity contribution in [3.63, 3.8) is 0 Å². The summed E-state index contributed by atoms with van der Waals surface area (Å²) in [5.41, 5.74) is 1.24. The van der Waals surface area contributed by atoms with E-state index >= 15 is 0 Å². The molecule has 21 heavy (non-hydrogen) atoms. The van der Waals surface area contributed by atoms with Gasteiger partial charge in [0.05, 0.1) is 18.8 Å². The van der Waals surface area contributed by atoms with Crippen LogP contribution in [0.25, 0.3) is 0 Å². The lowest BCUT2D eigenvalue weighted by atomic mass is 10.0. The van der Waals surface area contributed by atoms with Gasteiger partial charge in [-0.15, -0.1) is 0 Å². The van der Waals surface area contributed by atoms with Gasteiger partial charge in [0.15, 0.2) is 11.6 Å². The molecule has 1 aromatic heterocycles. The second kappa shape index (κ2) is 7.08. The fourth-order valence-electron chi connectivity index (χ4n) is 2.00. The fourth-order valence-corrected chi connectivity index (χ4v) is 2.00. The van der Waals surface area contributed by atoms with Crippen LogP contribution in [0.2, 0.25) is 0 Å². The Kier molecular flexibility index (Phi) is 5.16. The number of halogens is 2. The van der Waals surface area contributed by atoms with E-state index in [9.17, 15) is 8.78 Å². The number of methoxy groups -OCH3 is 1. The van der Waals surface area contributed by atoms with Crippen molar-refractivity contribution in [2.75, 3.05) is 13.7 Å². The van der Waals surface area contributed by atoms with Gasteiger partial charge < -0.3 is 10.1 Å². The Labute approximate surface area is 122 Å². The third kappa shape index (κ3) is 3.72. The van der Waals surface area contributed by atoms with E-state index in [0.717, 1.165) is 19.0 Å². The first-order valence-corrected chi connectivity index (χ1v) is 6.70. The van der Waals surface area contributed by atoms with E-state index in [-0.39, 0.29) is 6.04 Å². The van der Waals surface area contributed by atoms with E-state index in [1.165, 1.54) is 19.5 Å². The molecule has 1 unspecified atom stereocenters. The topological polar surface area (TPSA) is 47.0 Å². The summed E-state index contributed by atoms with van der Waals surface area (Å²) in [5, 5.41) is 3.27. The zero-order valence-corrected chi connectivity index (χ0v) is 11.9. The molecule has 2 aromatic rings. The number of hydrogen-bond donors (Lipinski definition) is 1. The maximum atomic E-state index is 13.5. The van der Waals surface area contributed by atoms with Crippen molar-refractivity contribution in [1.29, 1.82) is 0 Å². The number of rotatable bonds is 6. The van der Waals surface area contributed by atoms with Crippen molar-refractivity contribution in [2.45, 2.75) is 19.4 Å². The van der Waals surface area contributed by atoms with E-state index in [2.05, 4.69) is 15.3 Å². The molecule has 1 heterocycles. The Balaban J connectivity index is 2.38. The zero-order valence-electron chi connectivity index (χ0n) is 11.9. The number of aromatic nitrogens is 2. The van der Waals surface area contributed by atoms with Gasteiger partial charge in [0.1, 0.15) is 6.33 Å². The van der Waals surface area contributed by atoms with E-state index in [0.29, 0.717) is 17.1 Å². The lowest BCUT2D eigenvalue weighted by Gasteiger charge is -2.19. The molecular weight excluding hydrogens is 276 g/mol. The molecule has 6 heteroatoms. The van der Waals surface area contributed by atoms with Crippen LogP contribution < -0.4 is 10.1 Å². The second-order valence-corrected chi connectivity index (χ2v) is 4.55. The lowest BCUT2D eigenvalue weighted by Crippen LogP contribution is -2.24. The second-order valence-electron chi connectivity index (χ2n) is 4.55. The minimum atomic E-state index is -0.878. The van der Waals surface area contributed by atoms with Gasteiger partial charge in [0.25, 0.3) is 0 Å². The summed E-state index contributed by atoms with van der Waals surface area (Å²) in [4.78, 5) is 8.15. The Bertz CT molecular complexity index is 607. The molecule has 4 nitrogen and oxygen atoms in total. The average Bonchev–Trinajstić information content (AvgIpc) is 2.51. The van der Waals surface area contributed by atoms with Gasteiger partial charge in [-0.05, 0) is 30.7 Å². The molecule has 112 valence electrons. The lowest BCUT2D eigenvalue weighted by molar-refractivity contribution is 0.394. The van der Waals surface area contributed by atoms with Gasteiger partial charge in [-0.2, -0.15) is 0 Å². The molecular formula is C15H17F2N3O. The molecule has 0 bridgehead atoms. The van der Waals surface area contributed by atoms with E-state index in [1.807, 2.05) is 6.92 Å². The first kappa shape index (κ1) is 15.3. The molecule has 0 saturated carbocycles. The van der Waals surface area contributed by atoms with Gasteiger partial charge in [-0.3, -0.25) is 0 Å². The highest BCUT2D eigenvalue weighted by molar-refractivity contribution is 5.30. The summed E-state index contributed by atoms with van der Waals surface area (Å²) in [6.45, 7) is 2.74. The molecule has 0 saturated heterocycles. The summed E-state index contributed by atoms with van der Waals surface area (Å²) in [5.74, 6) is -1.32. The molecule has 0 radical (unpaired) electrons. The summed E-state index contributed by atoms with van der Waals surface area (Å²) in [7, 11) is 1.51. The summed E-state index contributed by atoms with van der Waals surface area (Å²) in [6, 6.07) is 5.16. The number of ether oxygens (including phenoxy) is 1. The van der Waals surface area contributed by atoms with Crippen LogP contribution >= 0.6 is 0 Å².